The van der Waals surface area contributed by atoms with Crippen molar-refractivity contribution >= 4 is 0 Å². The molecule has 1 aromatic rings. The first-order valence-corrected chi connectivity index (χ1v) is 5.12. The Morgan fingerprint density at radius 1 is 1.43 bits per heavy atom. The van der Waals surface area contributed by atoms with E-state index in [-0.39, 0.29) is 17.6 Å². The molecule has 0 fully saturated rings. The average molecular weight is 196 g/mol. The van der Waals surface area contributed by atoms with Crippen LogP contribution in [0, 0.1) is 5.41 Å². The van der Waals surface area contributed by atoms with Crippen molar-refractivity contribution in [2.24, 2.45) is 5.41 Å². The van der Waals surface area contributed by atoms with Gasteiger partial charge in [-0.2, -0.15) is 0 Å². The number of nitrogens with zero attached hydrogens (tertiary/aromatic N) is 2. The van der Waals surface area contributed by atoms with E-state index in [0.29, 0.717) is 0 Å². The van der Waals surface area contributed by atoms with Crippen molar-refractivity contribution in [2.45, 2.75) is 46.3 Å². The van der Waals surface area contributed by atoms with Gasteiger partial charge in [0.25, 0.3) is 0 Å². The third-order valence-electron chi connectivity index (χ3n) is 2.58. The van der Waals surface area contributed by atoms with Crippen LogP contribution in [0.5, 0.6) is 0 Å². The molecule has 1 N–H and O–H groups in total. The van der Waals surface area contributed by atoms with E-state index in [1.165, 1.54) is 0 Å². The number of rotatable bonds is 3. The van der Waals surface area contributed by atoms with Gasteiger partial charge < -0.3 is 9.67 Å². The predicted octanol–water partition coefficient (Wildman–Crippen LogP) is 2.24. The molecule has 3 heteroatoms. The van der Waals surface area contributed by atoms with E-state index < -0.39 is 0 Å². The summed E-state index contributed by atoms with van der Waals surface area (Å²) >= 11 is 0. The van der Waals surface area contributed by atoms with E-state index in [2.05, 4.69) is 32.7 Å². The highest BCUT2D eigenvalue weighted by Crippen LogP contribution is 2.29. The number of hydrogen-bond donors (Lipinski definition) is 1. The molecular weight excluding hydrogens is 176 g/mol. The summed E-state index contributed by atoms with van der Waals surface area (Å²) in [5, 5.41) is 10.2. The lowest BCUT2D eigenvalue weighted by molar-refractivity contribution is 0.0152. The first-order valence-electron chi connectivity index (χ1n) is 5.12. The number of aromatic nitrogens is 2. The van der Waals surface area contributed by atoms with Gasteiger partial charge in [0.05, 0.1) is 18.5 Å². The van der Waals surface area contributed by atoms with Crippen LogP contribution in [0.4, 0.5) is 0 Å². The Balaban J connectivity index is 2.83. The van der Waals surface area contributed by atoms with E-state index in [9.17, 15) is 5.11 Å². The van der Waals surface area contributed by atoms with Gasteiger partial charge in [-0.1, -0.05) is 27.7 Å². The molecule has 0 aromatic carbocycles. The van der Waals surface area contributed by atoms with Crippen molar-refractivity contribution in [1.29, 1.82) is 0 Å². The zero-order chi connectivity index (χ0) is 10.8. The van der Waals surface area contributed by atoms with Crippen LogP contribution in [0.25, 0.3) is 0 Å². The van der Waals surface area contributed by atoms with Crippen LogP contribution in [0.3, 0.4) is 0 Å². The summed E-state index contributed by atoms with van der Waals surface area (Å²) in [7, 11) is 0. The van der Waals surface area contributed by atoms with Crippen molar-refractivity contribution in [1.82, 2.24) is 9.55 Å². The Morgan fingerprint density at radius 3 is 2.43 bits per heavy atom. The highest BCUT2D eigenvalue weighted by atomic mass is 16.3. The monoisotopic (exact) mass is 196 g/mol. The molecule has 14 heavy (non-hydrogen) atoms. The largest absolute Gasteiger partial charge is 0.390 e. The lowest BCUT2D eigenvalue weighted by Crippen LogP contribution is -2.34. The van der Waals surface area contributed by atoms with Gasteiger partial charge in [0.15, 0.2) is 0 Å². The fourth-order valence-corrected chi connectivity index (χ4v) is 1.64. The molecular formula is C11H20N2O. The summed E-state index contributed by atoms with van der Waals surface area (Å²) < 4.78 is 1.98. The molecule has 80 valence electrons. The molecule has 2 atom stereocenters. The minimum absolute atomic E-state index is 0.0923. The highest BCUT2D eigenvalue weighted by molar-refractivity contribution is 4.88. The van der Waals surface area contributed by atoms with Gasteiger partial charge in [-0.05, 0) is 11.8 Å². The van der Waals surface area contributed by atoms with Crippen molar-refractivity contribution in [3.05, 3.63) is 18.7 Å². The van der Waals surface area contributed by atoms with Gasteiger partial charge >= 0.3 is 0 Å². The van der Waals surface area contributed by atoms with Gasteiger partial charge in [-0.15, -0.1) is 0 Å². The second-order valence-electron chi connectivity index (χ2n) is 4.80. The zero-order valence-electron chi connectivity index (χ0n) is 9.44. The van der Waals surface area contributed by atoms with Gasteiger partial charge in [-0.25, -0.2) is 4.98 Å². The summed E-state index contributed by atoms with van der Waals surface area (Å²) in [6.45, 7) is 8.24. The molecule has 1 rings (SSSR count). The highest BCUT2D eigenvalue weighted by Gasteiger charge is 2.30. The molecule has 1 heterocycles. The predicted molar refractivity (Wildman–Crippen MR) is 57.0 cm³/mol. The Labute approximate surface area is 85.8 Å². The summed E-state index contributed by atoms with van der Waals surface area (Å²) in [6, 6.07) is 0.123. The van der Waals surface area contributed by atoms with E-state index in [1.807, 2.05) is 10.8 Å². The molecule has 0 radical (unpaired) electrons. The topological polar surface area (TPSA) is 38.0 Å². The molecule has 0 spiro atoms. The minimum Gasteiger partial charge on any atom is -0.390 e. The Bertz CT molecular complexity index is 261. The fourth-order valence-electron chi connectivity index (χ4n) is 1.64. The van der Waals surface area contributed by atoms with Crippen LogP contribution in [0.15, 0.2) is 18.7 Å². The fraction of sp³-hybridized carbons (Fsp3) is 0.727. The molecule has 0 aliphatic carbocycles. The number of aliphatic hydroxyl groups excluding tert-OH is 1. The number of hydrogen-bond acceptors (Lipinski definition) is 2. The summed E-state index contributed by atoms with van der Waals surface area (Å²) in [6.07, 6.45) is 5.99. The van der Waals surface area contributed by atoms with Crippen LogP contribution in [0.2, 0.25) is 0 Å². The van der Waals surface area contributed by atoms with Crippen LogP contribution >= 0.6 is 0 Å². The lowest BCUT2D eigenvalue weighted by atomic mass is 9.84. The molecule has 0 saturated heterocycles. The third-order valence-corrected chi connectivity index (χ3v) is 2.58. The van der Waals surface area contributed by atoms with Crippen LogP contribution in [-0.2, 0) is 0 Å². The summed E-state index contributed by atoms with van der Waals surface area (Å²) in [5.41, 5.74) is -0.0923. The molecule has 0 aliphatic heterocycles. The van der Waals surface area contributed by atoms with Gasteiger partial charge in [0, 0.05) is 12.4 Å². The molecule has 0 saturated carbocycles. The smallest absolute Gasteiger partial charge is 0.0949 e. The Morgan fingerprint density at radius 2 is 2.07 bits per heavy atom. The Kier molecular flexibility index (Phi) is 3.32. The van der Waals surface area contributed by atoms with Crippen molar-refractivity contribution < 1.29 is 5.11 Å². The van der Waals surface area contributed by atoms with Crippen LogP contribution in [-0.4, -0.2) is 20.8 Å². The summed E-state index contributed by atoms with van der Waals surface area (Å²) in [4.78, 5) is 4.01. The van der Waals surface area contributed by atoms with Gasteiger partial charge in [0.1, 0.15) is 0 Å². The molecule has 0 aliphatic rings. The quantitative estimate of drug-likeness (QED) is 0.805. The third kappa shape index (κ3) is 2.35. The zero-order valence-corrected chi connectivity index (χ0v) is 9.44. The second kappa shape index (κ2) is 4.13. The number of imidazole rings is 1. The van der Waals surface area contributed by atoms with Crippen molar-refractivity contribution in [3.63, 3.8) is 0 Å². The van der Waals surface area contributed by atoms with Crippen molar-refractivity contribution in [3.8, 4) is 0 Å². The lowest BCUT2D eigenvalue weighted by Gasteiger charge is -2.33. The molecule has 2 unspecified atom stereocenters. The first kappa shape index (κ1) is 11.2. The van der Waals surface area contributed by atoms with Crippen LogP contribution in [0.1, 0.15) is 40.2 Å². The van der Waals surface area contributed by atoms with Crippen LogP contribution < -0.4 is 0 Å². The Hall–Kier alpha value is -0.830. The van der Waals surface area contributed by atoms with Crippen molar-refractivity contribution in [2.75, 3.05) is 0 Å². The van der Waals surface area contributed by atoms with Gasteiger partial charge in [-0.3, -0.25) is 0 Å². The molecule has 1 aromatic heterocycles. The number of aliphatic hydroxyl groups is 1. The summed E-state index contributed by atoms with van der Waals surface area (Å²) in [5.74, 6) is 0. The standard InChI is InChI=1S/C11H20N2O/c1-5-9(10(14)11(2,3)4)13-7-6-12-8-13/h6-10,14H,5H2,1-4H3. The molecule has 3 nitrogen and oxygen atoms in total. The maximum atomic E-state index is 10.2. The maximum absolute atomic E-state index is 10.2. The van der Waals surface area contributed by atoms with Gasteiger partial charge in [0.2, 0.25) is 0 Å². The molecule has 0 amide bonds. The van der Waals surface area contributed by atoms with E-state index >= 15 is 0 Å². The molecule has 0 bridgehead atoms. The van der Waals surface area contributed by atoms with E-state index in [0.717, 1.165) is 6.42 Å². The average Bonchev–Trinajstić information content (AvgIpc) is 2.57. The maximum Gasteiger partial charge on any atom is 0.0949 e. The second-order valence-corrected chi connectivity index (χ2v) is 4.80. The first-order chi connectivity index (χ1) is 6.46. The van der Waals surface area contributed by atoms with E-state index in [4.69, 9.17) is 0 Å². The van der Waals surface area contributed by atoms with E-state index in [1.54, 1.807) is 12.5 Å². The SMILES string of the molecule is CCC(C(O)C(C)(C)C)n1ccnc1. The minimum atomic E-state index is -0.346. The normalized spacial score (nSPS) is 16.6.